The molecule has 0 N–H and O–H groups in total. The fraction of sp³-hybridized carbons (Fsp3) is 0.556. The summed E-state index contributed by atoms with van der Waals surface area (Å²) in [6.45, 7) is 5.55. The number of aromatic nitrogens is 1. The molecule has 0 aliphatic carbocycles. The average molecular weight is 183 g/mol. The van der Waals surface area contributed by atoms with Crippen LogP contribution in [0.3, 0.4) is 0 Å². The maximum Gasteiger partial charge on any atom is 0.358 e. The lowest BCUT2D eigenvalue weighted by molar-refractivity contribution is 0.0753. The van der Waals surface area contributed by atoms with Gasteiger partial charge in [-0.2, -0.15) is 0 Å². The third-order valence-electron chi connectivity index (χ3n) is 1.64. The van der Waals surface area contributed by atoms with Crippen LogP contribution in [0.5, 0.6) is 0 Å². The van der Waals surface area contributed by atoms with Gasteiger partial charge in [-0.1, -0.05) is 13.8 Å². The van der Waals surface area contributed by atoms with Crippen LogP contribution in [0.1, 0.15) is 30.8 Å². The molecule has 0 aliphatic heterocycles. The third-order valence-corrected chi connectivity index (χ3v) is 1.64. The van der Waals surface area contributed by atoms with Crippen LogP contribution in [0.25, 0.3) is 0 Å². The Labute approximate surface area is 76.1 Å². The topological polar surface area (TPSA) is 52.2 Å². The van der Waals surface area contributed by atoms with Crippen LogP contribution in [-0.2, 0) is 0 Å². The van der Waals surface area contributed by atoms with Crippen molar-refractivity contribution in [3.8, 4) is 0 Å². The molecule has 72 valence electrons. The number of carbonyl (C=O) groups is 1. The van der Waals surface area contributed by atoms with E-state index >= 15 is 0 Å². The summed E-state index contributed by atoms with van der Waals surface area (Å²) in [6, 6.07) is 1.30. The van der Waals surface area contributed by atoms with Gasteiger partial charge in [-0.25, -0.2) is 4.79 Å². The molecule has 0 saturated carbocycles. The van der Waals surface area contributed by atoms with Crippen molar-refractivity contribution < 1.29 is 9.32 Å². The Hall–Kier alpha value is -1.32. The Balaban J connectivity index is 2.89. The number of aryl methyl sites for hydroxylation is 1. The molecule has 1 heterocycles. The molecule has 0 aliphatic rings. The summed E-state index contributed by atoms with van der Waals surface area (Å²) in [7, 11) is 0. The molecular weight excluding hydrogens is 170 g/mol. The van der Waals surface area contributed by atoms with Crippen LogP contribution in [-0.4, -0.2) is 10.6 Å². The molecule has 0 unspecified atom stereocenters. The second-order valence-corrected chi connectivity index (χ2v) is 3.48. The number of nitrogens with zero attached hydrogens (tertiary/aromatic N) is 1. The molecule has 4 nitrogen and oxygen atoms in total. The minimum Gasteiger partial charge on any atom is -0.329 e. The van der Waals surface area contributed by atoms with E-state index < -0.39 is 5.63 Å². The second kappa shape index (κ2) is 3.60. The molecule has 0 aromatic carbocycles. The molecule has 0 bridgehead atoms. The molecule has 4 heteroatoms. The first-order valence-electron chi connectivity index (χ1n) is 4.24. The summed E-state index contributed by atoms with van der Waals surface area (Å²) in [5.41, 5.74) is 0.0743. The lowest BCUT2D eigenvalue weighted by atomic mass is 10.1. The first kappa shape index (κ1) is 9.77. The van der Waals surface area contributed by atoms with Crippen LogP contribution in [0.15, 0.2) is 15.4 Å². The standard InChI is InChI=1S/C9H13NO3/c1-6(2)4-8(11)10-7(3)5-9(12)13-10/h5-6H,4H2,1-3H3. The van der Waals surface area contributed by atoms with E-state index in [-0.39, 0.29) is 11.8 Å². The third kappa shape index (κ3) is 2.31. The van der Waals surface area contributed by atoms with Crippen molar-refractivity contribution in [2.24, 2.45) is 5.92 Å². The van der Waals surface area contributed by atoms with Crippen LogP contribution in [0.2, 0.25) is 0 Å². The Morgan fingerprint density at radius 2 is 2.23 bits per heavy atom. The van der Waals surface area contributed by atoms with Gasteiger partial charge in [0.2, 0.25) is 0 Å². The summed E-state index contributed by atoms with van der Waals surface area (Å²) in [5, 5.41) is 0. The highest BCUT2D eigenvalue weighted by Crippen LogP contribution is 2.04. The molecule has 0 fully saturated rings. The minimum absolute atomic E-state index is 0.172. The van der Waals surface area contributed by atoms with Crippen molar-refractivity contribution >= 4 is 5.91 Å². The summed E-state index contributed by atoms with van der Waals surface area (Å²) in [6.07, 6.45) is 0.387. The van der Waals surface area contributed by atoms with E-state index in [0.717, 1.165) is 4.74 Å². The van der Waals surface area contributed by atoms with Crippen molar-refractivity contribution in [3.63, 3.8) is 0 Å². The molecule has 1 aromatic heterocycles. The van der Waals surface area contributed by atoms with Crippen LogP contribution in [0, 0.1) is 12.8 Å². The van der Waals surface area contributed by atoms with E-state index in [1.807, 2.05) is 13.8 Å². The molecular formula is C9H13NO3. The van der Waals surface area contributed by atoms with E-state index in [1.54, 1.807) is 6.92 Å². The molecule has 13 heavy (non-hydrogen) atoms. The van der Waals surface area contributed by atoms with Crippen molar-refractivity contribution in [1.29, 1.82) is 0 Å². The zero-order chi connectivity index (χ0) is 10.0. The Kier molecular flexibility index (Phi) is 2.70. The van der Waals surface area contributed by atoms with Gasteiger partial charge in [0, 0.05) is 12.5 Å². The zero-order valence-electron chi connectivity index (χ0n) is 8.03. The van der Waals surface area contributed by atoms with Gasteiger partial charge in [-0.05, 0) is 12.8 Å². The fourth-order valence-electron chi connectivity index (χ4n) is 1.10. The summed E-state index contributed by atoms with van der Waals surface area (Å²) >= 11 is 0. The van der Waals surface area contributed by atoms with Crippen molar-refractivity contribution in [2.45, 2.75) is 27.2 Å². The van der Waals surface area contributed by atoms with E-state index in [1.165, 1.54) is 6.07 Å². The molecule has 0 saturated heterocycles. The highest BCUT2D eigenvalue weighted by molar-refractivity contribution is 5.78. The number of hydrogen-bond donors (Lipinski definition) is 0. The van der Waals surface area contributed by atoms with Gasteiger partial charge >= 0.3 is 5.63 Å². The van der Waals surface area contributed by atoms with Gasteiger partial charge in [0.15, 0.2) is 0 Å². The normalized spacial score (nSPS) is 10.8. The Morgan fingerprint density at radius 1 is 1.62 bits per heavy atom. The summed E-state index contributed by atoms with van der Waals surface area (Å²) < 4.78 is 5.75. The number of carbonyl (C=O) groups excluding carboxylic acids is 1. The maximum absolute atomic E-state index is 11.4. The predicted octanol–water partition coefficient (Wildman–Crippen LogP) is 1.44. The monoisotopic (exact) mass is 183 g/mol. The fourth-order valence-corrected chi connectivity index (χ4v) is 1.10. The molecule has 1 rings (SSSR count). The largest absolute Gasteiger partial charge is 0.358 e. The molecule has 0 radical (unpaired) electrons. The van der Waals surface area contributed by atoms with Gasteiger partial charge in [0.05, 0.1) is 5.69 Å². The molecule has 0 spiro atoms. The predicted molar refractivity (Wildman–Crippen MR) is 47.8 cm³/mol. The van der Waals surface area contributed by atoms with Gasteiger partial charge in [0.25, 0.3) is 5.91 Å². The van der Waals surface area contributed by atoms with Gasteiger partial charge in [0.1, 0.15) is 0 Å². The van der Waals surface area contributed by atoms with E-state index in [0.29, 0.717) is 12.1 Å². The van der Waals surface area contributed by atoms with Gasteiger partial charge in [-0.15, -0.1) is 4.74 Å². The van der Waals surface area contributed by atoms with Crippen LogP contribution < -0.4 is 5.63 Å². The highest BCUT2D eigenvalue weighted by atomic mass is 16.5. The van der Waals surface area contributed by atoms with Crippen molar-refractivity contribution in [3.05, 3.63) is 22.2 Å². The number of hydrogen-bond acceptors (Lipinski definition) is 3. The zero-order valence-corrected chi connectivity index (χ0v) is 8.03. The second-order valence-electron chi connectivity index (χ2n) is 3.48. The highest BCUT2D eigenvalue weighted by Gasteiger charge is 2.12. The van der Waals surface area contributed by atoms with Gasteiger partial charge < -0.3 is 4.52 Å². The molecule has 1 aromatic rings. The summed E-state index contributed by atoms with van der Waals surface area (Å²) in [5.74, 6) is 0.0919. The first-order valence-corrected chi connectivity index (χ1v) is 4.24. The minimum atomic E-state index is -0.477. The lowest BCUT2D eigenvalue weighted by Gasteiger charge is -2.03. The smallest absolute Gasteiger partial charge is 0.329 e. The van der Waals surface area contributed by atoms with Crippen LogP contribution >= 0.6 is 0 Å². The van der Waals surface area contributed by atoms with Gasteiger partial charge in [-0.3, -0.25) is 4.79 Å². The number of rotatable bonds is 2. The average Bonchev–Trinajstić information content (AvgIpc) is 2.28. The SMILES string of the molecule is Cc1cc(=O)on1C(=O)CC(C)C. The Morgan fingerprint density at radius 3 is 2.62 bits per heavy atom. The Bertz CT molecular complexity index is 359. The van der Waals surface area contributed by atoms with E-state index in [2.05, 4.69) is 4.52 Å². The first-order chi connectivity index (χ1) is 6.00. The maximum atomic E-state index is 11.4. The summed E-state index contributed by atoms with van der Waals surface area (Å²) in [4.78, 5) is 22.2. The van der Waals surface area contributed by atoms with Crippen molar-refractivity contribution in [2.75, 3.05) is 0 Å². The quantitative estimate of drug-likeness (QED) is 0.697. The molecule has 0 atom stereocenters. The van der Waals surface area contributed by atoms with E-state index in [4.69, 9.17) is 0 Å². The lowest BCUT2D eigenvalue weighted by Crippen LogP contribution is -2.13. The molecule has 0 amide bonds. The van der Waals surface area contributed by atoms with Crippen molar-refractivity contribution in [1.82, 2.24) is 4.74 Å². The van der Waals surface area contributed by atoms with E-state index in [9.17, 15) is 9.59 Å². The van der Waals surface area contributed by atoms with Crippen LogP contribution in [0.4, 0.5) is 0 Å².